The van der Waals surface area contributed by atoms with Crippen molar-refractivity contribution in [2.45, 2.75) is 6.61 Å². The number of para-hydroxylation sites is 1. The third-order valence-corrected chi connectivity index (χ3v) is 3.79. The Hall–Kier alpha value is -3.53. The molecule has 3 aromatic carbocycles. The second kappa shape index (κ2) is 9.25. The van der Waals surface area contributed by atoms with Gasteiger partial charge in [0.05, 0.1) is 7.11 Å². The average Bonchev–Trinajstić information content (AvgIpc) is 2.72. The Morgan fingerprint density at radius 1 is 0.852 bits per heavy atom. The lowest BCUT2D eigenvalue weighted by Gasteiger charge is -2.08. The molecule has 0 aliphatic carbocycles. The highest BCUT2D eigenvalue weighted by Crippen LogP contribution is 2.22. The lowest BCUT2D eigenvalue weighted by Crippen LogP contribution is -2.00. The number of hydrogen-bond donors (Lipinski definition) is 0. The molecule has 0 amide bonds. The molecule has 0 unspecified atom stereocenters. The van der Waals surface area contributed by atoms with Crippen LogP contribution in [0.1, 0.15) is 11.1 Å². The quantitative estimate of drug-likeness (QED) is 0.427. The van der Waals surface area contributed by atoms with Gasteiger partial charge in [-0.05, 0) is 53.6 Å². The first kappa shape index (κ1) is 18.3. The van der Waals surface area contributed by atoms with E-state index in [-0.39, 0.29) is 6.61 Å². The second-order valence-electron chi connectivity index (χ2n) is 5.78. The zero-order chi connectivity index (χ0) is 18.9. The van der Waals surface area contributed by atoms with Crippen molar-refractivity contribution in [2.75, 3.05) is 7.11 Å². The van der Waals surface area contributed by atoms with Crippen LogP contribution in [0, 0.1) is 0 Å². The van der Waals surface area contributed by atoms with Gasteiger partial charge in [0.15, 0.2) is 0 Å². The Morgan fingerprint density at radius 2 is 1.59 bits per heavy atom. The zero-order valence-electron chi connectivity index (χ0n) is 15.0. The molecule has 0 bridgehead atoms. The molecule has 0 aliphatic rings. The summed E-state index contributed by atoms with van der Waals surface area (Å²) in [5.74, 6) is 1.82. The minimum atomic E-state index is -0.403. The highest BCUT2D eigenvalue weighted by atomic mass is 16.5. The van der Waals surface area contributed by atoms with Crippen LogP contribution in [0.4, 0.5) is 0 Å². The summed E-state index contributed by atoms with van der Waals surface area (Å²) in [7, 11) is 1.61. The van der Waals surface area contributed by atoms with Crippen molar-refractivity contribution >= 4 is 12.0 Å². The fraction of sp³-hybridized carbons (Fsp3) is 0.0870. The molecule has 0 atom stereocenters. The standard InChI is InChI=1S/C23H20O4/c1-25-20-13-10-18(11-14-20)12-15-23(24)26-17-19-6-5-9-22(16-19)27-21-7-3-2-4-8-21/h2-16H,17H2,1H3. The van der Waals surface area contributed by atoms with Crippen molar-refractivity contribution < 1.29 is 19.0 Å². The Bertz CT molecular complexity index is 899. The third kappa shape index (κ3) is 5.75. The van der Waals surface area contributed by atoms with Gasteiger partial charge >= 0.3 is 5.97 Å². The van der Waals surface area contributed by atoms with E-state index in [0.29, 0.717) is 5.75 Å². The average molecular weight is 360 g/mol. The van der Waals surface area contributed by atoms with E-state index >= 15 is 0 Å². The molecule has 0 aliphatic heterocycles. The van der Waals surface area contributed by atoms with E-state index in [1.807, 2.05) is 78.9 Å². The Kier molecular flexibility index (Phi) is 6.26. The summed E-state index contributed by atoms with van der Waals surface area (Å²) in [4.78, 5) is 11.9. The van der Waals surface area contributed by atoms with Crippen LogP contribution in [0.15, 0.2) is 84.9 Å². The van der Waals surface area contributed by atoms with E-state index in [4.69, 9.17) is 14.2 Å². The van der Waals surface area contributed by atoms with Crippen LogP contribution in [-0.2, 0) is 16.1 Å². The van der Waals surface area contributed by atoms with Crippen LogP contribution < -0.4 is 9.47 Å². The maximum Gasteiger partial charge on any atom is 0.331 e. The first-order chi connectivity index (χ1) is 13.2. The number of ether oxygens (including phenoxy) is 3. The normalized spacial score (nSPS) is 10.6. The monoisotopic (exact) mass is 360 g/mol. The molecule has 0 saturated heterocycles. The predicted octanol–water partition coefficient (Wildman–Crippen LogP) is 5.24. The molecule has 136 valence electrons. The first-order valence-corrected chi connectivity index (χ1v) is 8.54. The number of benzene rings is 3. The topological polar surface area (TPSA) is 44.8 Å². The second-order valence-corrected chi connectivity index (χ2v) is 5.78. The van der Waals surface area contributed by atoms with Crippen molar-refractivity contribution in [1.82, 2.24) is 0 Å². The Balaban J connectivity index is 1.53. The zero-order valence-corrected chi connectivity index (χ0v) is 15.0. The fourth-order valence-electron chi connectivity index (χ4n) is 2.41. The molecule has 4 heteroatoms. The molecule has 0 fully saturated rings. The van der Waals surface area contributed by atoms with Gasteiger partial charge in [-0.3, -0.25) is 0 Å². The molecular weight excluding hydrogens is 340 g/mol. The van der Waals surface area contributed by atoms with E-state index in [1.165, 1.54) is 6.08 Å². The van der Waals surface area contributed by atoms with Gasteiger partial charge in [-0.15, -0.1) is 0 Å². The van der Waals surface area contributed by atoms with Crippen molar-refractivity contribution in [2.24, 2.45) is 0 Å². The largest absolute Gasteiger partial charge is 0.497 e. The van der Waals surface area contributed by atoms with Crippen LogP contribution in [0.25, 0.3) is 6.08 Å². The summed E-state index contributed by atoms with van der Waals surface area (Å²) < 4.78 is 16.2. The molecule has 27 heavy (non-hydrogen) atoms. The van der Waals surface area contributed by atoms with Crippen LogP contribution in [0.2, 0.25) is 0 Å². The van der Waals surface area contributed by atoms with E-state index in [2.05, 4.69) is 0 Å². The van der Waals surface area contributed by atoms with Crippen molar-refractivity contribution in [3.63, 3.8) is 0 Å². The van der Waals surface area contributed by atoms with Gasteiger partial charge in [0.2, 0.25) is 0 Å². The maximum absolute atomic E-state index is 11.9. The van der Waals surface area contributed by atoms with E-state index < -0.39 is 5.97 Å². The number of esters is 1. The maximum atomic E-state index is 11.9. The summed E-state index contributed by atoms with van der Waals surface area (Å²) >= 11 is 0. The molecule has 3 rings (SSSR count). The van der Waals surface area contributed by atoms with Gasteiger partial charge in [-0.1, -0.05) is 42.5 Å². The first-order valence-electron chi connectivity index (χ1n) is 8.54. The van der Waals surface area contributed by atoms with E-state index in [0.717, 1.165) is 22.6 Å². The number of carbonyl (C=O) groups is 1. The molecule has 0 radical (unpaired) electrons. The smallest absolute Gasteiger partial charge is 0.331 e. The minimum Gasteiger partial charge on any atom is -0.497 e. The van der Waals surface area contributed by atoms with Crippen molar-refractivity contribution in [3.05, 3.63) is 96.1 Å². The summed E-state index contributed by atoms with van der Waals surface area (Å²) in [6, 6.07) is 24.4. The number of methoxy groups -OCH3 is 1. The highest BCUT2D eigenvalue weighted by Gasteiger charge is 2.02. The van der Waals surface area contributed by atoms with Crippen molar-refractivity contribution in [1.29, 1.82) is 0 Å². The highest BCUT2D eigenvalue weighted by molar-refractivity contribution is 5.87. The molecule has 4 nitrogen and oxygen atoms in total. The van der Waals surface area contributed by atoms with Gasteiger partial charge in [-0.2, -0.15) is 0 Å². The third-order valence-electron chi connectivity index (χ3n) is 3.79. The van der Waals surface area contributed by atoms with Crippen LogP contribution in [0.5, 0.6) is 17.2 Å². The van der Waals surface area contributed by atoms with Crippen molar-refractivity contribution in [3.8, 4) is 17.2 Å². The van der Waals surface area contributed by atoms with Gasteiger partial charge < -0.3 is 14.2 Å². The Morgan fingerprint density at radius 3 is 2.33 bits per heavy atom. The number of carbonyl (C=O) groups excluding carboxylic acids is 1. The number of hydrogen-bond acceptors (Lipinski definition) is 4. The van der Waals surface area contributed by atoms with Gasteiger partial charge in [0, 0.05) is 6.08 Å². The lowest BCUT2D eigenvalue weighted by molar-refractivity contribution is -0.138. The van der Waals surface area contributed by atoms with E-state index in [9.17, 15) is 4.79 Å². The van der Waals surface area contributed by atoms with Gasteiger partial charge in [0.25, 0.3) is 0 Å². The van der Waals surface area contributed by atoms with E-state index in [1.54, 1.807) is 13.2 Å². The minimum absolute atomic E-state index is 0.178. The van der Waals surface area contributed by atoms with Gasteiger partial charge in [0.1, 0.15) is 23.9 Å². The number of rotatable bonds is 7. The molecule has 0 N–H and O–H groups in total. The predicted molar refractivity (Wildman–Crippen MR) is 105 cm³/mol. The van der Waals surface area contributed by atoms with Crippen LogP contribution in [0.3, 0.4) is 0 Å². The molecule has 0 aromatic heterocycles. The summed E-state index contributed by atoms with van der Waals surface area (Å²) in [5.41, 5.74) is 1.75. The van der Waals surface area contributed by atoms with Crippen LogP contribution >= 0.6 is 0 Å². The molecule has 0 heterocycles. The van der Waals surface area contributed by atoms with Gasteiger partial charge in [-0.25, -0.2) is 4.79 Å². The fourth-order valence-corrected chi connectivity index (χ4v) is 2.41. The molecule has 0 spiro atoms. The lowest BCUT2D eigenvalue weighted by atomic mass is 10.2. The summed E-state index contributed by atoms with van der Waals surface area (Å²) in [6.07, 6.45) is 3.11. The summed E-state index contributed by atoms with van der Waals surface area (Å²) in [6.45, 7) is 0.178. The molecule has 0 saturated carbocycles. The molecular formula is C23H20O4. The SMILES string of the molecule is COc1ccc(C=CC(=O)OCc2cccc(Oc3ccccc3)c2)cc1. The summed E-state index contributed by atoms with van der Waals surface area (Å²) in [5, 5.41) is 0. The van der Waals surface area contributed by atoms with Crippen LogP contribution in [-0.4, -0.2) is 13.1 Å². The Labute approximate surface area is 158 Å². The molecule has 3 aromatic rings.